The number of fused-ring (bicyclic) bond motifs is 5. The molecule has 3 heteroatoms. The second kappa shape index (κ2) is 11.5. The van der Waals surface area contributed by atoms with Crippen LogP contribution in [0.2, 0.25) is 0 Å². The Bertz CT molecular complexity index is 1610. The van der Waals surface area contributed by atoms with Crippen molar-refractivity contribution >= 4 is 0 Å². The number of hydrogen-bond acceptors (Lipinski definition) is 2. The van der Waals surface area contributed by atoms with Crippen molar-refractivity contribution in [1.29, 1.82) is 0 Å². The minimum Gasteiger partial charge on any atom is -0.305 e. The summed E-state index contributed by atoms with van der Waals surface area (Å²) in [4.78, 5) is 9.04. The molecule has 2 bridgehead atoms. The summed E-state index contributed by atoms with van der Waals surface area (Å²) in [5.41, 5.74) is 11.3. The fourth-order valence-electron chi connectivity index (χ4n) is 7.51. The number of pyridine rings is 2. The van der Waals surface area contributed by atoms with Crippen LogP contribution < -0.4 is 0 Å². The first-order valence-corrected chi connectivity index (χ1v) is 14.6. The average Bonchev–Trinajstić information content (AvgIpc) is 3.72. The van der Waals surface area contributed by atoms with Crippen molar-refractivity contribution in [3.63, 3.8) is 0 Å². The maximum absolute atomic E-state index is 4.82. The third-order valence-electron chi connectivity index (χ3n) is 9.37. The second-order valence-corrected chi connectivity index (χ2v) is 12.1. The second-order valence-electron chi connectivity index (χ2n) is 12.1. The van der Waals surface area contributed by atoms with Crippen LogP contribution in [0, 0.1) is 24.0 Å². The number of aromatic nitrogens is 2. The molecule has 5 aromatic rings. The van der Waals surface area contributed by atoms with Gasteiger partial charge in [0.05, 0.1) is 0 Å². The Morgan fingerprint density at radius 3 is 2.32 bits per heavy atom. The van der Waals surface area contributed by atoms with E-state index in [2.05, 4.69) is 79.5 Å². The molecule has 2 fully saturated rings. The van der Waals surface area contributed by atoms with Crippen LogP contribution in [0.5, 0.6) is 0 Å². The van der Waals surface area contributed by atoms with Crippen molar-refractivity contribution < 1.29 is 20.1 Å². The summed E-state index contributed by atoms with van der Waals surface area (Å²) in [5, 5.41) is 0. The molecule has 0 aliphatic heterocycles. The first kappa shape index (κ1) is 27.8. The van der Waals surface area contributed by atoms with Crippen LogP contribution in [0.3, 0.4) is 0 Å². The molecular formula is C38H34IrN2-2. The van der Waals surface area contributed by atoms with Crippen molar-refractivity contribution in [2.45, 2.75) is 50.9 Å². The average molecular weight is 711 g/mol. The summed E-state index contributed by atoms with van der Waals surface area (Å²) in [6.45, 7) is 4.68. The molecule has 0 N–H and O–H groups in total. The Morgan fingerprint density at radius 1 is 0.732 bits per heavy atom. The van der Waals surface area contributed by atoms with Crippen LogP contribution in [-0.4, -0.2) is 9.97 Å². The van der Waals surface area contributed by atoms with E-state index >= 15 is 0 Å². The van der Waals surface area contributed by atoms with E-state index in [0.29, 0.717) is 0 Å². The summed E-state index contributed by atoms with van der Waals surface area (Å²) >= 11 is 0. The third-order valence-corrected chi connectivity index (χ3v) is 9.37. The van der Waals surface area contributed by atoms with Gasteiger partial charge in [0.15, 0.2) is 0 Å². The van der Waals surface area contributed by atoms with Crippen LogP contribution in [0.1, 0.15) is 62.1 Å². The van der Waals surface area contributed by atoms with Gasteiger partial charge in [-0.2, -0.15) is 0 Å². The molecule has 41 heavy (non-hydrogen) atoms. The molecule has 207 valence electrons. The fraction of sp³-hybridized carbons (Fsp3) is 0.263. The van der Waals surface area contributed by atoms with Crippen molar-refractivity contribution in [2.75, 3.05) is 0 Å². The standard InChI is InChI=1S/C27H26N.C11H8N.Ir/c1-27(2)24-9-4-3-6-20(24)21-7-5-8-22(26(21)27)25-16-19(12-13-28-25)23-15-17-10-11-18(23)14-17;1-2-6-10(7-3-1)11-8-4-5-9-12-11;/h3-7,9,12-13,16-18,23H,10-11,14-15H2,1-2H3;1-6,8-9H;/q2*-1;. The van der Waals surface area contributed by atoms with Gasteiger partial charge in [0, 0.05) is 32.5 Å². The Labute approximate surface area is 257 Å². The normalized spacial score (nSPS) is 20.8. The van der Waals surface area contributed by atoms with Crippen LogP contribution in [0.15, 0.2) is 103 Å². The van der Waals surface area contributed by atoms with E-state index in [-0.39, 0.29) is 25.5 Å². The molecule has 3 aliphatic rings. The fourth-order valence-corrected chi connectivity index (χ4v) is 7.51. The van der Waals surface area contributed by atoms with Gasteiger partial charge < -0.3 is 9.97 Å². The van der Waals surface area contributed by atoms with Crippen molar-refractivity contribution in [2.24, 2.45) is 11.8 Å². The Morgan fingerprint density at radius 2 is 1.56 bits per heavy atom. The quantitative estimate of drug-likeness (QED) is 0.175. The maximum Gasteiger partial charge on any atom is 0.0163 e. The first-order valence-electron chi connectivity index (χ1n) is 14.6. The van der Waals surface area contributed by atoms with Crippen molar-refractivity contribution in [3.05, 3.63) is 132 Å². The number of benzene rings is 3. The monoisotopic (exact) mass is 711 g/mol. The van der Waals surface area contributed by atoms with Crippen molar-refractivity contribution in [3.8, 4) is 33.6 Å². The van der Waals surface area contributed by atoms with Crippen LogP contribution >= 0.6 is 0 Å². The number of rotatable bonds is 3. The topological polar surface area (TPSA) is 25.8 Å². The first-order chi connectivity index (χ1) is 19.6. The molecule has 3 aliphatic carbocycles. The van der Waals surface area contributed by atoms with Gasteiger partial charge in [0.2, 0.25) is 0 Å². The van der Waals surface area contributed by atoms with Crippen LogP contribution in [-0.2, 0) is 25.5 Å². The van der Waals surface area contributed by atoms with E-state index in [1.54, 1.807) is 6.20 Å². The molecule has 1 radical (unpaired) electrons. The molecule has 3 aromatic carbocycles. The Hall–Kier alpha value is -3.39. The zero-order chi connectivity index (χ0) is 27.1. The summed E-state index contributed by atoms with van der Waals surface area (Å²) in [6.07, 6.45) is 9.50. The SMILES string of the molecule is CC1(C)c2ccccc2-c2cc[c-]c(-c3cc(C4CC5CCC4C5)ccn3)c21.[Ir].[c-]1ccccc1-c1ccccn1. The largest absolute Gasteiger partial charge is 0.305 e. The van der Waals surface area contributed by atoms with E-state index in [1.807, 2.05) is 48.7 Å². The van der Waals surface area contributed by atoms with Gasteiger partial charge >= 0.3 is 0 Å². The third kappa shape index (κ3) is 5.11. The molecule has 3 atom stereocenters. The van der Waals surface area contributed by atoms with Gasteiger partial charge in [-0.3, -0.25) is 0 Å². The predicted molar refractivity (Wildman–Crippen MR) is 163 cm³/mol. The minimum absolute atomic E-state index is 0. The van der Waals surface area contributed by atoms with Gasteiger partial charge in [-0.1, -0.05) is 73.9 Å². The van der Waals surface area contributed by atoms with E-state index in [4.69, 9.17) is 4.98 Å². The van der Waals surface area contributed by atoms with Gasteiger partial charge in [-0.25, -0.2) is 0 Å². The van der Waals surface area contributed by atoms with E-state index < -0.39 is 0 Å². The Kier molecular flexibility index (Phi) is 7.77. The van der Waals surface area contributed by atoms with E-state index in [9.17, 15) is 0 Å². The van der Waals surface area contributed by atoms with Crippen LogP contribution in [0.4, 0.5) is 0 Å². The molecule has 0 spiro atoms. The molecule has 2 nitrogen and oxygen atoms in total. The summed E-state index contributed by atoms with van der Waals surface area (Å²) in [5.74, 6) is 2.60. The van der Waals surface area contributed by atoms with E-state index in [1.165, 1.54) is 59.1 Å². The number of hydrogen-bond donors (Lipinski definition) is 0. The Balaban J connectivity index is 0.000000196. The van der Waals surface area contributed by atoms with E-state index in [0.717, 1.165) is 34.7 Å². The zero-order valence-corrected chi connectivity index (χ0v) is 26.0. The molecule has 0 saturated heterocycles. The number of nitrogens with zero attached hydrogens (tertiary/aromatic N) is 2. The molecular weight excluding hydrogens is 677 g/mol. The molecule has 3 unspecified atom stereocenters. The summed E-state index contributed by atoms with van der Waals surface area (Å²) in [6, 6.07) is 38.2. The maximum atomic E-state index is 4.82. The molecule has 2 saturated carbocycles. The minimum atomic E-state index is -0.0247. The predicted octanol–water partition coefficient (Wildman–Crippen LogP) is 9.30. The van der Waals surface area contributed by atoms with Gasteiger partial charge in [-0.15, -0.1) is 65.2 Å². The van der Waals surface area contributed by atoms with Gasteiger partial charge in [0.1, 0.15) is 0 Å². The van der Waals surface area contributed by atoms with Gasteiger partial charge in [0.25, 0.3) is 0 Å². The summed E-state index contributed by atoms with van der Waals surface area (Å²) < 4.78 is 0. The summed E-state index contributed by atoms with van der Waals surface area (Å²) in [7, 11) is 0. The molecule has 2 aromatic heterocycles. The van der Waals surface area contributed by atoms with Crippen molar-refractivity contribution in [1.82, 2.24) is 9.97 Å². The molecule has 0 amide bonds. The van der Waals surface area contributed by atoms with Crippen LogP contribution in [0.25, 0.3) is 33.6 Å². The van der Waals surface area contributed by atoms with Gasteiger partial charge in [-0.05, 0) is 77.1 Å². The zero-order valence-electron chi connectivity index (χ0n) is 23.6. The molecule has 8 rings (SSSR count). The smallest absolute Gasteiger partial charge is 0.0163 e. The molecule has 2 heterocycles.